The zero-order valence-corrected chi connectivity index (χ0v) is 10.4. The summed E-state index contributed by atoms with van der Waals surface area (Å²) in [6.45, 7) is 2.88. The molecule has 2 rings (SSSR count). The van der Waals surface area contributed by atoms with Gasteiger partial charge in [0.05, 0.1) is 11.5 Å². The second-order valence-electron chi connectivity index (χ2n) is 4.62. The van der Waals surface area contributed by atoms with Gasteiger partial charge in [0.15, 0.2) is 5.78 Å². The lowest BCUT2D eigenvalue weighted by Crippen LogP contribution is -2.42. The third kappa shape index (κ3) is 2.50. The van der Waals surface area contributed by atoms with Crippen molar-refractivity contribution in [2.24, 2.45) is 11.7 Å². The number of piperidine rings is 1. The molecule has 0 aliphatic carbocycles. The summed E-state index contributed by atoms with van der Waals surface area (Å²) in [6, 6.07) is 3.51. The summed E-state index contributed by atoms with van der Waals surface area (Å²) in [6.07, 6.45) is 3.37. The zero-order valence-electron chi connectivity index (χ0n) is 10.4. The first kappa shape index (κ1) is 12.5. The van der Waals surface area contributed by atoms with Crippen LogP contribution in [-0.4, -0.2) is 29.8 Å². The summed E-state index contributed by atoms with van der Waals surface area (Å²) < 4.78 is 0. The molecule has 1 aromatic heterocycles. The van der Waals surface area contributed by atoms with Gasteiger partial charge in [-0.25, -0.2) is 4.98 Å². The van der Waals surface area contributed by atoms with E-state index in [1.807, 2.05) is 4.90 Å². The predicted molar refractivity (Wildman–Crippen MR) is 68.4 cm³/mol. The first-order valence-electron chi connectivity index (χ1n) is 6.10. The van der Waals surface area contributed by atoms with Crippen LogP contribution in [-0.2, 0) is 4.79 Å². The minimum atomic E-state index is -0.278. The number of nitrogens with zero attached hydrogens (tertiary/aromatic N) is 2. The Morgan fingerprint density at radius 3 is 2.94 bits per heavy atom. The lowest BCUT2D eigenvalue weighted by molar-refractivity contribution is -0.122. The van der Waals surface area contributed by atoms with Gasteiger partial charge in [-0.15, -0.1) is 0 Å². The summed E-state index contributed by atoms with van der Waals surface area (Å²) in [7, 11) is 0. The number of carbonyl (C=O) groups is 2. The minimum Gasteiger partial charge on any atom is -0.369 e. The van der Waals surface area contributed by atoms with Crippen molar-refractivity contribution in [3.05, 3.63) is 23.9 Å². The van der Waals surface area contributed by atoms with E-state index in [1.165, 1.54) is 6.92 Å². The molecule has 1 aliphatic heterocycles. The molecule has 2 heterocycles. The van der Waals surface area contributed by atoms with Gasteiger partial charge >= 0.3 is 0 Å². The van der Waals surface area contributed by atoms with E-state index in [9.17, 15) is 9.59 Å². The minimum absolute atomic E-state index is 0.0145. The molecule has 2 N–H and O–H groups in total. The lowest BCUT2D eigenvalue weighted by atomic mass is 9.97. The molecular weight excluding hydrogens is 230 g/mol. The van der Waals surface area contributed by atoms with E-state index in [0.29, 0.717) is 17.9 Å². The fourth-order valence-corrected chi connectivity index (χ4v) is 2.33. The van der Waals surface area contributed by atoms with Gasteiger partial charge in [-0.05, 0) is 31.9 Å². The van der Waals surface area contributed by atoms with Crippen LogP contribution in [0.1, 0.15) is 30.1 Å². The second kappa shape index (κ2) is 5.16. The summed E-state index contributed by atoms with van der Waals surface area (Å²) in [5, 5.41) is 0. The molecule has 0 aromatic carbocycles. The smallest absolute Gasteiger partial charge is 0.222 e. The summed E-state index contributed by atoms with van der Waals surface area (Å²) >= 11 is 0. The van der Waals surface area contributed by atoms with E-state index in [4.69, 9.17) is 5.73 Å². The summed E-state index contributed by atoms with van der Waals surface area (Å²) in [5.41, 5.74) is 5.95. The SMILES string of the molecule is CC(=O)c1cccnc1N1CCCC(C(N)=O)C1. The number of carbonyl (C=O) groups excluding carboxylic acids is 2. The van der Waals surface area contributed by atoms with E-state index in [1.54, 1.807) is 18.3 Å². The second-order valence-corrected chi connectivity index (χ2v) is 4.62. The summed E-state index contributed by atoms with van der Waals surface area (Å²) in [5.74, 6) is 0.218. The largest absolute Gasteiger partial charge is 0.369 e. The third-order valence-corrected chi connectivity index (χ3v) is 3.29. The molecule has 1 unspecified atom stereocenters. The van der Waals surface area contributed by atoms with Crippen molar-refractivity contribution in [1.82, 2.24) is 4.98 Å². The first-order valence-corrected chi connectivity index (χ1v) is 6.10. The Labute approximate surface area is 106 Å². The van der Waals surface area contributed by atoms with Crippen LogP contribution in [0.3, 0.4) is 0 Å². The van der Waals surface area contributed by atoms with Crippen LogP contribution >= 0.6 is 0 Å². The Bertz CT molecular complexity index is 473. The Balaban J connectivity index is 2.26. The lowest BCUT2D eigenvalue weighted by Gasteiger charge is -2.32. The Kier molecular flexibility index (Phi) is 3.60. The molecule has 0 saturated carbocycles. The van der Waals surface area contributed by atoms with Crippen molar-refractivity contribution >= 4 is 17.5 Å². The maximum absolute atomic E-state index is 11.6. The molecule has 0 radical (unpaired) electrons. The van der Waals surface area contributed by atoms with E-state index < -0.39 is 0 Å². The van der Waals surface area contributed by atoms with E-state index in [0.717, 1.165) is 19.4 Å². The molecule has 1 aliphatic rings. The molecule has 1 atom stereocenters. The average Bonchev–Trinajstić information content (AvgIpc) is 2.39. The first-order chi connectivity index (χ1) is 8.59. The van der Waals surface area contributed by atoms with Crippen molar-refractivity contribution in [3.8, 4) is 0 Å². The maximum atomic E-state index is 11.6. The van der Waals surface area contributed by atoms with E-state index in [2.05, 4.69) is 4.98 Å². The number of nitrogens with two attached hydrogens (primary N) is 1. The number of amides is 1. The van der Waals surface area contributed by atoms with Crippen molar-refractivity contribution in [1.29, 1.82) is 0 Å². The molecule has 1 saturated heterocycles. The fraction of sp³-hybridized carbons (Fsp3) is 0.462. The molecule has 1 aromatic rings. The number of primary amides is 1. The quantitative estimate of drug-likeness (QED) is 0.808. The highest BCUT2D eigenvalue weighted by Crippen LogP contribution is 2.24. The third-order valence-electron chi connectivity index (χ3n) is 3.29. The normalized spacial score (nSPS) is 19.6. The van der Waals surface area contributed by atoms with E-state index in [-0.39, 0.29) is 17.6 Å². The van der Waals surface area contributed by atoms with Gasteiger partial charge in [-0.3, -0.25) is 9.59 Å². The van der Waals surface area contributed by atoms with Gasteiger partial charge in [0.1, 0.15) is 5.82 Å². The molecule has 5 heteroatoms. The number of hydrogen-bond donors (Lipinski definition) is 1. The topological polar surface area (TPSA) is 76.3 Å². The van der Waals surface area contributed by atoms with Crippen LogP contribution in [0.25, 0.3) is 0 Å². The summed E-state index contributed by atoms with van der Waals surface area (Å²) in [4.78, 5) is 29.1. The van der Waals surface area contributed by atoms with Crippen LogP contribution in [0.15, 0.2) is 18.3 Å². The van der Waals surface area contributed by atoms with Crippen LogP contribution < -0.4 is 10.6 Å². The number of ketones is 1. The number of pyridine rings is 1. The van der Waals surface area contributed by atoms with Gasteiger partial charge in [0.2, 0.25) is 5.91 Å². The van der Waals surface area contributed by atoms with Gasteiger partial charge in [-0.1, -0.05) is 0 Å². The predicted octanol–water partition coefficient (Wildman–Crippen LogP) is 0.986. The van der Waals surface area contributed by atoms with Crippen molar-refractivity contribution in [2.45, 2.75) is 19.8 Å². The molecule has 5 nitrogen and oxygen atoms in total. The fourth-order valence-electron chi connectivity index (χ4n) is 2.33. The zero-order chi connectivity index (χ0) is 13.1. The van der Waals surface area contributed by atoms with Gasteiger partial charge < -0.3 is 10.6 Å². The van der Waals surface area contributed by atoms with E-state index >= 15 is 0 Å². The molecule has 0 bridgehead atoms. The molecular formula is C13H17N3O2. The highest BCUT2D eigenvalue weighted by Gasteiger charge is 2.26. The van der Waals surface area contributed by atoms with Crippen molar-refractivity contribution in [3.63, 3.8) is 0 Å². The molecule has 1 fully saturated rings. The Morgan fingerprint density at radius 2 is 2.28 bits per heavy atom. The maximum Gasteiger partial charge on any atom is 0.222 e. The molecule has 96 valence electrons. The average molecular weight is 247 g/mol. The van der Waals surface area contributed by atoms with Gasteiger partial charge in [0.25, 0.3) is 0 Å². The van der Waals surface area contributed by atoms with Crippen LogP contribution in [0.5, 0.6) is 0 Å². The number of aromatic nitrogens is 1. The monoisotopic (exact) mass is 247 g/mol. The Morgan fingerprint density at radius 1 is 1.50 bits per heavy atom. The highest BCUT2D eigenvalue weighted by molar-refractivity contribution is 5.98. The number of rotatable bonds is 3. The molecule has 1 amide bonds. The van der Waals surface area contributed by atoms with Crippen molar-refractivity contribution < 1.29 is 9.59 Å². The van der Waals surface area contributed by atoms with Crippen LogP contribution in [0.4, 0.5) is 5.82 Å². The van der Waals surface area contributed by atoms with Crippen LogP contribution in [0.2, 0.25) is 0 Å². The Hall–Kier alpha value is -1.91. The highest BCUT2D eigenvalue weighted by atomic mass is 16.1. The standard InChI is InChI=1S/C13H17N3O2/c1-9(17)11-5-2-6-15-13(11)16-7-3-4-10(8-16)12(14)18/h2,5-6,10H,3-4,7-8H2,1H3,(H2,14,18). The number of Topliss-reactive ketones (excluding diaryl/α,β-unsaturated/α-hetero) is 1. The van der Waals surface area contributed by atoms with Crippen molar-refractivity contribution in [2.75, 3.05) is 18.0 Å². The van der Waals surface area contributed by atoms with Crippen LogP contribution in [0, 0.1) is 5.92 Å². The number of anilines is 1. The molecule has 18 heavy (non-hydrogen) atoms. The number of hydrogen-bond acceptors (Lipinski definition) is 4. The molecule has 0 spiro atoms. The van der Waals surface area contributed by atoms with Gasteiger partial charge in [-0.2, -0.15) is 0 Å². The van der Waals surface area contributed by atoms with Gasteiger partial charge in [0, 0.05) is 19.3 Å².